The Kier molecular flexibility index (Phi) is 6.39. The number of carbonyl (C=O) groups is 1. The summed E-state index contributed by atoms with van der Waals surface area (Å²) in [7, 11) is 0. The summed E-state index contributed by atoms with van der Waals surface area (Å²) in [5, 5.41) is 19.9. The number of halogens is 2. The predicted molar refractivity (Wildman–Crippen MR) is 131 cm³/mol. The van der Waals surface area contributed by atoms with Crippen LogP contribution in [0.15, 0.2) is 34.9 Å². The average Bonchev–Trinajstić information content (AvgIpc) is 3.50. The Morgan fingerprint density at radius 3 is 2.76 bits per heavy atom. The Labute approximate surface area is 204 Å². The third-order valence-corrected chi connectivity index (χ3v) is 6.98. The second-order valence-electron chi connectivity index (χ2n) is 8.90. The van der Waals surface area contributed by atoms with Gasteiger partial charge in [0.1, 0.15) is 0 Å². The lowest BCUT2D eigenvalue weighted by atomic mass is 10.0. The lowest BCUT2D eigenvalue weighted by Gasteiger charge is -2.35. The van der Waals surface area contributed by atoms with Crippen molar-refractivity contribution in [2.75, 3.05) is 28.7 Å². The number of nitrogens with one attached hydrogen (secondary N) is 2. The van der Waals surface area contributed by atoms with E-state index in [4.69, 9.17) is 9.97 Å². The molecule has 1 amide bonds. The first kappa shape index (κ1) is 23.0. The van der Waals surface area contributed by atoms with Crippen LogP contribution in [0.25, 0.3) is 5.65 Å². The van der Waals surface area contributed by atoms with Crippen LogP contribution in [0, 0.1) is 0 Å². The molecule has 2 aromatic heterocycles. The minimum atomic E-state index is -1.70. The molecule has 1 aliphatic carbocycles. The largest absolute Gasteiger partial charge is 0.396 e. The number of alkyl halides is 1. The molecule has 9 nitrogen and oxygen atoms in total. The van der Waals surface area contributed by atoms with E-state index in [9.17, 15) is 14.3 Å². The van der Waals surface area contributed by atoms with E-state index in [1.807, 2.05) is 12.1 Å². The standard InChI is InChI=1S/C23H27BrFN7O2/c24-18-14-27-32-19(18)29-22(31-11-2-1-3-17(31)8-12-33)30-21(32)26-13-15-4-6-16(7-5-15)28-20(34)23(25)9-10-23/h4-7,14,17,33H,1-3,8-13H2,(H,28,34)(H,26,29,30)/t17-/m0/s1. The first-order valence-corrected chi connectivity index (χ1v) is 12.4. The van der Waals surface area contributed by atoms with E-state index < -0.39 is 11.6 Å². The van der Waals surface area contributed by atoms with Gasteiger partial charge in [-0.3, -0.25) is 4.79 Å². The van der Waals surface area contributed by atoms with Crippen LogP contribution in [-0.4, -0.2) is 55.5 Å². The zero-order valence-corrected chi connectivity index (χ0v) is 20.3. The van der Waals surface area contributed by atoms with Gasteiger partial charge in [0.2, 0.25) is 11.9 Å². The van der Waals surface area contributed by atoms with E-state index in [1.54, 1.807) is 22.8 Å². The van der Waals surface area contributed by atoms with Crippen LogP contribution >= 0.6 is 15.9 Å². The number of benzene rings is 1. The number of carbonyl (C=O) groups excluding carboxylic acids is 1. The van der Waals surface area contributed by atoms with Gasteiger partial charge in [-0.05, 0) is 72.2 Å². The monoisotopic (exact) mass is 531 g/mol. The summed E-state index contributed by atoms with van der Waals surface area (Å²) >= 11 is 3.53. The molecule has 1 aromatic carbocycles. The first-order valence-electron chi connectivity index (χ1n) is 11.6. The molecule has 3 N–H and O–H groups in total. The Morgan fingerprint density at radius 1 is 1.24 bits per heavy atom. The maximum absolute atomic E-state index is 13.9. The number of hydrogen-bond acceptors (Lipinski definition) is 7. The van der Waals surface area contributed by atoms with Crippen LogP contribution in [-0.2, 0) is 11.3 Å². The summed E-state index contributed by atoms with van der Waals surface area (Å²) in [6.07, 6.45) is 6.15. The number of amides is 1. The number of hydrogen-bond donors (Lipinski definition) is 3. The van der Waals surface area contributed by atoms with Crippen molar-refractivity contribution >= 4 is 45.1 Å². The second kappa shape index (κ2) is 9.46. The highest BCUT2D eigenvalue weighted by Crippen LogP contribution is 2.40. The molecule has 0 bridgehead atoms. The quantitative estimate of drug-likeness (QED) is 0.406. The van der Waals surface area contributed by atoms with Crippen LogP contribution in [0.2, 0.25) is 0 Å². The molecule has 11 heteroatoms. The Balaban J connectivity index is 1.33. The smallest absolute Gasteiger partial charge is 0.262 e. The number of aliphatic hydroxyl groups is 1. The van der Waals surface area contributed by atoms with Crippen molar-refractivity contribution in [1.82, 2.24) is 19.6 Å². The SMILES string of the molecule is O=C(Nc1ccc(CNc2nc(N3CCCC[C@H]3CCO)nc3c(Br)cnn23)cc1)C1(F)CC1. The van der Waals surface area contributed by atoms with Gasteiger partial charge >= 0.3 is 0 Å². The normalized spacial score (nSPS) is 19.3. The van der Waals surface area contributed by atoms with Gasteiger partial charge in [0, 0.05) is 31.4 Å². The molecule has 0 spiro atoms. The highest BCUT2D eigenvalue weighted by Gasteiger charge is 2.50. The lowest BCUT2D eigenvalue weighted by molar-refractivity contribution is -0.122. The van der Waals surface area contributed by atoms with E-state index in [-0.39, 0.29) is 25.5 Å². The fraction of sp³-hybridized carbons (Fsp3) is 0.478. The number of aromatic nitrogens is 4. The maximum Gasteiger partial charge on any atom is 0.262 e. The summed E-state index contributed by atoms with van der Waals surface area (Å²) in [5.41, 5.74) is 0.508. The minimum absolute atomic E-state index is 0.133. The fourth-order valence-corrected chi connectivity index (χ4v) is 4.61. The van der Waals surface area contributed by atoms with Gasteiger partial charge in [-0.2, -0.15) is 19.6 Å². The van der Waals surface area contributed by atoms with Gasteiger partial charge in [-0.1, -0.05) is 12.1 Å². The number of aliphatic hydroxyl groups excluding tert-OH is 1. The molecule has 1 saturated carbocycles. The van der Waals surface area contributed by atoms with Gasteiger partial charge in [-0.25, -0.2) is 4.39 Å². The number of fused-ring (bicyclic) bond motifs is 1. The molecule has 3 heterocycles. The van der Waals surface area contributed by atoms with E-state index in [1.165, 1.54) is 0 Å². The molecule has 0 unspecified atom stereocenters. The molecule has 2 aliphatic rings. The Morgan fingerprint density at radius 2 is 2.03 bits per heavy atom. The van der Waals surface area contributed by atoms with E-state index in [2.05, 4.69) is 36.6 Å². The summed E-state index contributed by atoms with van der Waals surface area (Å²) in [4.78, 5) is 23.6. The van der Waals surface area contributed by atoms with Gasteiger partial charge in [-0.15, -0.1) is 0 Å². The van der Waals surface area contributed by atoms with Crippen LogP contribution in [0.4, 0.5) is 22.0 Å². The Hall–Kier alpha value is -2.79. The molecule has 34 heavy (non-hydrogen) atoms. The van der Waals surface area contributed by atoms with Gasteiger partial charge in [0.05, 0.1) is 10.7 Å². The van der Waals surface area contributed by atoms with Crippen molar-refractivity contribution in [3.05, 3.63) is 40.5 Å². The van der Waals surface area contributed by atoms with Crippen molar-refractivity contribution in [1.29, 1.82) is 0 Å². The average molecular weight is 532 g/mol. The zero-order chi connectivity index (χ0) is 23.7. The number of rotatable bonds is 8. The zero-order valence-electron chi connectivity index (χ0n) is 18.7. The van der Waals surface area contributed by atoms with Gasteiger partial charge in [0.25, 0.3) is 5.91 Å². The third-order valence-electron chi connectivity index (χ3n) is 6.42. The lowest BCUT2D eigenvalue weighted by Crippen LogP contribution is -2.41. The molecular formula is C23H27BrFN7O2. The molecular weight excluding hydrogens is 505 g/mol. The molecule has 1 saturated heterocycles. The van der Waals surface area contributed by atoms with Crippen molar-refractivity contribution in [2.24, 2.45) is 0 Å². The third kappa shape index (κ3) is 4.72. The van der Waals surface area contributed by atoms with Crippen molar-refractivity contribution < 1.29 is 14.3 Å². The Bertz CT molecular complexity index is 1180. The van der Waals surface area contributed by atoms with E-state index in [0.717, 1.165) is 35.8 Å². The van der Waals surface area contributed by atoms with Crippen LogP contribution in [0.5, 0.6) is 0 Å². The highest BCUT2D eigenvalue weighted by molar-refractivity contribution is 9.10. The van der Waals surface area contributed by atoms with Gasteiger partial charge < -0.3 is 20.6 Å². The highest BCUT2D eigenvalue weighted by atomic mass is 79.9. The predicted octanol–water partition coefficient (Wildman–Crippen LogP) is 3.68. The molecule has 1 aliphatic heterocycles. The number of anilines is 3. The van der Waals surface area contributed by atoms with Crippen molar-refractivity contribution in [2.45, 2.75) is 56.8 Å². The summed E-state index contributed by atoms with van der Waals surface area (Å²) in [6.45, 7) is 1.46. The van der Waals surface area contributed by atoms with Crippen LogP contribution in [0.1, 0.15) is 44.1 Å². The molecule has 2 fully saturated rings. The first-order chi connectivity index (χ1) is 16.5. The topological polar surface area (TPSA) is 108 Å². The summed E-state index contributed by atoms with van der Waals surface area (Å²) in [5.74, 6) is 0.605. The summed E-state index contributed by atoms with van der Waals surface area (Å²) in [6, 6.07) is 7.48. The van der Waals surface area contributed by atoms with Gasteiger partial charge in [0.15, 0.2) is 11.3 Å². The number of piperidine rings is 1. The molecule has 0 radical (unpaired) electrons. The molecule has 1 atom stereocenters. The van der Waals surface area contributed by atoms with E-state index >= 15 is 0 Å². The molecule has 180 valence electrons. The fourth-order valence-electron chi connectivity index (χ4n) is 4.26. The van der Waals surface area contributed by atoms with E-state index in [0.29, 0.717) is 36.2 Å². The second-order valence-corrected chi connectivity index (χ2v) is 9.75. The van der Waals surface area contributed by atoms with Crippen molar-refractivity contribution in [3.8, 4) is 0 Å². The van der Waals surface area contributed by atoms with Crippen molar-refractivity contribution in [3.63, 3.8) is 0 Å². The maximum atomic E-state index is 13.9. The molecule has 5 rings (SSSR count). The summed E-state index contributed by atoms with van der Waals surface area (Å²) < 4.78 is 16.3. The van der Waals surface area contributed by atoms with Crippen LogP contribution in [0.3, 0.4) is 0 Å². The number of nitrogens with zero attached hydrogens (tertiary/aromatic N) is 5. The molecule has 3 aromatic rings. The van der Waals surface area contributed by atoms with Crippen LogP contribution < -0.4 is 15.5 Å². The minimum Gasteiger partial charge on any atom is -0.396 e.